The lowest BCUT2D eigenvalue weighted by atomic mass is 10.1. The molecule has 108 valence electrons. The second-order valence-corrected chi connectivity index (χ2v) is 4.55. The van der Waals surface area contributed by atoms with Gasteiger partial charge < -0.3 is 5.73 Å². The second-order valence-electron chi connectivity index (χ2n) is 4.55. The summed E-state index contributed by atoms with van der Waals surface area (Å²) in [5.74, 6) is -0.0990. The molecular formula is C13H15F3N4. The number of anilines is 1. The van der Waals surface area contributed by atoms with E-state index in [-0.39, 0.29) is 11.6 Å². The van der Waals surface area contributed by atoms with Gasteiger partial charge in [0.15, 0.2) is 5.82 Å². The minimum absolute atomic E-state index is 0.0811. The third-order valence-corrected chi connectivity index (χ3v) is 3.17. The van der Waals surface area contributed by atoms with Crippen molar-refractivity contribution in [2.24, 2.45) is 0 Å². The summed E-state index contributed by atoms with van der Waals surface area (Å²) in [6, 6.07) is 1.77. The molecular weight excluding hydrogens is 269 g/mol. The third kappa shape index (κ3) is 2.48. The first kappa shape index (κ1) is 14.4. The predicted molar refractivity (Wildman–Crippen MR) is 69.6 cm³/mol. The van der Waals surface area contributed by atoms with Crippen molar-refractivity contribution in [2.45, 2.75) is 33.4 Å². The fraction of sp³-hybridized carbons (Fsp3) is 0.385. The van der Waals surface area contributed by atoms with Crippen LogP contribution in [0.4, 0.5) is 19.0 Å². The Morgan fingerprint density at radius 3 is 2.40 bits per heavy atom. The van der Waals surface area contributed by atoms with Crippen molar-refractivity contribution in [3.8, 4) is 5.82 Å². The number of hydrogen-bond acceptors (Lipinski definition) is 3. The van der Waals surface area contributed by atoms with Gasteiger partial charge in [-0.3, -0.25) is 0 Å². The normalized spacial score (nSPS) is 11.9. The summed E-state index contributed by atoms with van der Waals surface area (Å²) in [4.78, 5) is 3.95. The molecule has 2 rings (SSSR count). The maximum absolute atomic E-state index is 12.8. The van der Waals surface area contributed by atoms with Crippen LogP contribution in [-0.4, -0.2) is 14.8 Å². The maximum atomic E-state index is 12.8. The van der Waals surface area contributed by atoms with Crippen LogP contribution in [-0.2, 0) is 12.6 Å². The number of aromatic nitrogens is 3. The molecule has 4 nitrogen and oxygen atoms in total. The van der Waals surface area contributed by atoms with Crippen LogP contribution in [0.1, 0.15) is 29.4 Å². The Balaban J connectivity index is 2.62. The Morgan fingerprint density at radius 2 is 1.90 bits per heavy atom. The number of pyridine rings is 1. The molecule has 0 spiro atoms. The van der Waals surface area contributed by atoms with E-state index >= 15 is 0 Å². The number of halogens is 3. The second kappa shape index (κ2) is 4.81. The van der Waals surface area contributed by atoms with E-state index in [4.69, 9.17) is 5.73 Å². The van der Waals surface area contributed by atoms with Crippen LogP contribution in [0, 0.1) is 13.8 Å². The van der Waals surface area contributed by atoms with E-state index in [1.54, 1.807) is 6.92 Å². The number of nitrogen functional groups attached to an aromatic ring is 1. The number of nitrogens with two attached hydrogens (primary N) is 1. The van der Waals surface area contributed by atoms with Gasteiger partial charge in [-0.05, 0) is 38.0 Å². The Hall–Kier alpha value is -2.05. The largest absolute Gasteiger partial charge is 0.416 e. The molecule has 0 amide bonds. The maximum Gasteiger partial charge on any atom is 0.416 e. The van der Waals surface area contributed by atoms with Crippen molar-refractivity contribution in [1.82, 2.24) is 14.8 Å². The molecule has 20 heavy (non-hydrogen) atoms. The van der Waals surface area contributed by atoms with Gasteiger partial charge in [-0.15, -0.1) is 0 Å². The molecule has 7 heteroatoms. The summed E-state index contributed by atoms with van der Waals surface area (Å²) >= 11 is 0. The van der Waals surface area contributed by atoms with E-state index in [0.29, 0.717) is 0 Å². The van der Waals surface area contributed by atoms with Crippen molar-refractivity contribution in [2.75, 3.05) is 5.73 Å². The smallest absolute Gasteiger partial charge is 0.384 e. The van der Waals surface area contributed by atoms with Gasteiger partial charge in [0.1, 0.15) is 5.82 Å². The summed E-state index contributed by atoms with van der Waals surface area (Å²) < 4.78 is 39.8. The fourth-order valence-electron chi connectivity index (χ4n) is 2.22. The molecule has 0 unspecified atom stereocenters. The average molecular weight is 284 g/mol. The molecule has 0 aliphatic rings. The zero-order chi connectivity index (χ0) is 15.1. The standard InChI is InChI=1S/C13H15F3N4/c1-4-10-7(2)19-20(8(10)3)12-6-9(13(14,15)16)5-11(17)18-12/h5-6H,4H2,1-3H3,(H2,17,18). The van der Waals surface area contributed by atoms with Crippen LogP contribution in [0.3, 0.4) is 0 Å². The molecule has 0 saturated heterocycles. The van der Waals surface area contributed by atoms with Crippen molar-refractivity contribution < 1.29 is 13.2 Å². The van der Waals surface area contributed by atoms with E-state index in [9.17, 15) is 13.2 Å². The van der Waals surface area contributed by atoms with E-state index in [1.807, 2.05) is 13.8 Å². The number of alkyl halides is 3. The quantitative estimate of drug-likeness (QED) is 0.922. The van der Waals surface area contributed by atoms with Crippen LogP contribution < -0.4 is 5.73 Å². The van der Waals surface area contributed by atoms with Crippen LogP contribution >= 0.6 is 0 Å². The van der Waals surface area contributed by atoms with Gasteiger partial charge in [0.2, 0.25) is 0 Å². The zero-order valence-corrected chi connectivity index (χ0v) is 11.4. The summed E-state index contributed by atoms with van der Waals surface area (Å²) in [7, 11) is 0. The highest BCUT2D eigenvalue weighted by molar-refractivity contribution is 5.43. The number of rotatable bonds is 2. The number of hydrogen-bond donors (Lipinski definition) is 1. The van der Waals surface area contributed by atoms with Gasteiger partial charge in [0.25, 0.3) is 0 Å². The molecule has 0 aliphatic heterocycles. The van der Waals surface area contributed by atoms with Crippen molar-refractivity contribution >= 4 is 5.82 Å². The average Bonchev–Trinajstić information content (AvgIpc) is 2.62. The fourth-order valence-corrected chi connectivity index (χ4v) is 2.22. The molecule has 2 N–H and O–H groups in total. The van der Waals surface area contributed by atoms with E-state index in [1.165, 1.54) is 4.68 Å². The van der Waals surface area contributed by atoms with Gasteiger partial charge in [-0.2, -0.15) is 18.3 Å². The molecule has 0 atom stereocenters. The number of aryl methyl sites for hydroxylation is 1. The molecule has 0 aliphatic carbocycles. The SMILES string of the molecule is CCc1c(C)nn(-c2cc(C(F)(F)F)cc(N)n2)c1C. The third-order valence-electron chi connectivity index (χ3n) is 3.17. The Morgan fingerprint density at radius 1 is 1.25 bits per heavy atom. The first-order chi connectivity index (χ1) is 9.24. The summed E-state index contributed by atoms with van der Waals surface area (Å²) in [5.41, 5.74) is 7.20. The first-order valence-electron chi connectivity index (χ1n) is 6.14. The highest BCUT2D eigenvalue weighted by Crippen LogP contribution is 2.31. The number of nitrogens with zero attached hydrogens (tertiary/aromatic N) is 3. The topological polar surface area (TPSA) is 56.7 Å². The summed E-state index contributed by atoms with van der Waals surface area (Å²) in [6.07, 6.45) is -3.71. The molecule has 2 heterocycles. The lowest BCUT2D eigenvalue weighted by molar-refractivity contribution is -0.137. The van der Waals surface area contributed by atoms with Crippen molar-refractivity contribution in [3.63, 3.8) is 0 Å². The van der Waals surface area contributed by atoms with Crippen LogP contribution in [0.25, 0.3) is 5.82 Å². The molecule has 0 saturated carbocycles. The van der Waals surface area contributed by atoms with Gasteiger partial charge in [-0.1, -0.05) is 6.92 Å². The Bertz CT molecular complexity index is 644. The van der Waals surface area contributed by atoms with Gasteiger partial charge in [-0.25, -0.2) is 9.67 Å². The zero-order valence-electron chi connectivity index (χ0n) is 11.4. The minimum Gasteiger partial charge on any atom is -0.384 e. The summed E-state index contributed by atoms with van der Waals surface area (Å²) in [5, 5.41) is 4.25. The highest BCUT2D eigenvalue weighted by atomic mass is 19.4. The molecule has 0 bridgehead atoms. The Labute approximate surface area is 114 Å². The lowest BCUT2D eigenvalue weighted by Gasteiger charge is -2.10. The van der Waals surface area contributed by atoms with E-state index in [2.05, 4.69) is 10.1 Å². The van der Waals surface area contributed by atoms with E-state index in [0.717, 1.165) is 35.5 Å². The first-order valence-corrected chi connectivity index (χ1v) is 6.14. The minimum atomic E-state index is -4.46. The van der Waals surface area contributed by atoms with Gasteiger partial charge in [0, 0.05) is 5.69 Å². The lowest BCUT2D eigenvalue weighted by Crippen LogP contribution is -2.11. The van der Waals surface area contributed by atoms with Crippen LogP contribution in [0.15, 0.2) is 12.1 Å². The Kier molecular flexibility index (Phi) is 3.45. The van der Waals surface area contributed by atoms with E-state index < -0.39 is 11.7 Å². The molecule has 2 aromatic heterocycles. The predicted octanol–water partition coefficient (Wildman–Crippen LogP) is 3.05. The molecule has 2 aromatic rings. The molecule has 0 fully saturated rings. The summed E-state index contributed by atoms with van der Waals surface area (Å²) in [6.45, 7) is 5.59. The van der Waals surface area contributed by atoms with Crippen molar-refractivity contribution in [3.05, 3.63) is 34.6 Å². The molecule has 0 radical (unpaired) electrons. The highest BCUT2D eigenvalue weighted by Gasteiger charge is 2.32. The van der Waals surface area contributed by atoms with Crippen LogP contribution in [0.5, 0.6) is 0 Å². The van der Waals surface area contributed by atoms with Crippen LogP contribution in [0.2, 0.25) is 0 Å². The van der Waals surface area contributed by atoms with Crippen molar-refractivity contribution in [1.29, 1.82) is 0 Å². The molecule has 0 aromatic carbocycles. The van der Waals surface area contributed by atoms with Gasteiger partial charge >= 0.3 is 6.18 Å². The van der Waals surface area contributed by atoms with Gasteiger partial charge in [0.05, 0.1) is 11.3 Å². The monoisotopic (exact) mass is 284 g/mol.